The maximum atomic E-state index is 12.2. The van der Waals surface area contributed by atoms with Crippen molar-refractivity contribution < 1.29 is 19.0 Å². The van der Waals surface area contributed by atoms with E-state index in [1.54, 1.807) is 0 Å². The summed E-state index contributed by atoms with van der Waals surface area (Å²) in [7, 11) is 0. The molecule has 0 bridgehead atoms. The molecular formula is C21H27NO4. The summed E-state index contributed by atoms with van der Waals surface area (Å²) in [6.07, 6.45) is 0. The van der Waals surface area contributed by atoms with Gasteiger partial charge in [-0.15, -0.1) is 0 Å². The van der Waals surface area contributed by atoms with E-state index in [-0.39, 0.29) is 18.6 Å². The molecule has 0 fully saturated rings. The molecule has 2 aromatic carbocycles. The van der Waals surface area contributed by atoms with Crippen LogP contribution in [0.4, 0.5) is 0 Å². The van der Waals surface area contributed by atoms with Crippen LogP contribution in [-0.2, 0) is 4.79 Å². The summed E-state index contributed by atoms with van der Waals surface area (Å²) in [6, 6.07) is 13.2. The zero-order valence-corrected chi connectivity index (χ0v) is 15.9. The van der Waals surface area contributed by atoms with E-state index in [2.05, 4.69) is 5.32 Å². The Balaban J connectivity index is 1.96. The highest BCUT2D eigenvalue weighted by Gasteiger charge is 2.13. The number of carbonyl (C=O) groups excluding carboxylic acids is 1. The molecule has 0 saturated heterocycles. The molecule has 0 aromatic heterocycles. The van der Waals surface area contributed by atoms with Crippen LogP contribution >= 0.6 is 0 Å². The SMILES string of the molecule is CCOc1ccc([C@H](C)NC(=O)COc2cccc(C)c2)cc1OCC. The van der Waals surface area contributed by atoms with Gasteiger partial charge in [-0.1, -0.05) is 18.2 Å². The van der Waals surface area contributed by atoms with E-state index >= 15 is 0 Å². The fourth-order valence-electron chi connectivity index (χ4n) is 2.56. The van der Waals surface area contributed by atoms with E-state index in [0.29, 0.717) is 30.5 Å². The Kier molecular flexibility index (Phi) is 7.33. The van der Waals surface area contributed by atoms with Crippen molar-refractivity contribution in [1.29, 1.82) is 0 Å². The van der Waals surface area contributed by atoms with Gasteiger partial charge in [-0.2, -0.15) is 0 Å². The molecule has 0 aliphatic heterocycles. The van der Waals surface area contributed by atoms with Gasteiger partial charge in [-0.3, -0.25) is 4.79 Å². The largest absolute Gasteiger partial charge is 0.490 e. The fraction of sp³-hybridized carbons (Fsp3) is 0.381. The van der Waals surface area contributed by atoms with Crippen molar-refractivity contribution in [3.05, 3.63) is 53.6 Å². The van der Waals surface area contributed by atoms with Crippen LogP contribution in [0.15, 0.2) is 42.5 Å². The number of rotatable bonds is 9. The van der Waals surface area contributed by atoms with Crippen LogP contribution in [0.3, 0.4) is 0 Å². The minimum absolute atomic E-state index is 0.0247. The molecule has 26 heavy (non-hydrogen) atoms. The summed E-state index contributed by atoms with van der Waals surface area (Å²) >= 11 is 0. The van der Waals surface area contributed by atoms with Gasteiger partial charge in [0.1, 0.15) is 5.75 Å². The lowest BCUT2D eigenvalue weighted by molar-refractivity contribution is -0.123. The Hall–Kier alpha value is -2.69. The quantitative estimate of drug-likeness (QED) is 0.736. The van der Waals surface area contributed by atoms with Crippen LogP contribution in [0.2, 0.25) is 0 Å². The summed E-state index contributed by atoms with van der Waals surface area (Å²) < 4.78 is 16.8. The summed E-state index contributed by atoms with van der Waals surface area (Å²) in [5.74, 6) is 1.90. The first-order valence-corrected chi connectivity index (χ1v) is 8.91. The third-order valence-corrected chi connectivity index (χ3v) is 3.80. The Morgan fingerprint density at radius 3 is 2.42 bits per heavy atom. The van der Waals surface area contributed by atoms with E-state index in [0.717, 1.165) is 11.1 Å². The van der Waals surface area contributed by atoms with Gasteiger partial charge in [0.2, 0.25) is 0 Å². The Morgan fingerprint density at radius 1 is 1.00 bits per heavy atom. The number of hydrogen-bond acceptors (Lipinski definition) is 4. The van der Waals surface area contributed by atoms with Gasteiger partial charge in [0, 0.05) is 0 Å². The molecule has 0 heterocycles. The molecule has 140 valence electrons. The van der Waals surface area contributed by atoms with E-state index in [4.69, 9.17) is 14.2 Å². The second-order valence-electron chi connectivity index (χ2n) is 5.97. The monoisotopic (exact) mass is 357 g/mol. The molecule has 0 saturated carbocycles. The highest BCUT2D eigenvalue weighted by Crippen LogP contribution is 2.30. The predicted octanol–water partition coefficient (Wildman–Crippen LogP) is 4.05. The number of amides is 1. The normalized spacial score (nSPS) is 11.5. The van der Waals surface area contributed by atoms with E-state index in [1.165, 1.54) is 0 Å². The molecule has 5 heteroatoms. The van der Waals surface area contributed by atoms with Gasteiger partial charge < -0.3 is 19.5 Å². The lowest BCUT2D eigenvalue weighted by Crippen LogP contribution is -2.31. The first-order valence-electron chi connectivity index (χ1n) is 8.91. The second kappa shape index (κ2) is 9.70. The zero-order chi connectivity index (χ0) is 18.9. The fourth-order valence-corrected chi connectivity index (χ4v) is 2.56. The number of nitrogens with one attached hydrogen (secondary N) is 1. The molecule has 1 amide bonds. The number of benzene rings is 2. The average Bonchev–Trinajstić information content (AvgIpc) is 2.62. The van der Waals surface area contributed by atoms with Gasteiger partial charge >= 0.3 is 0 Å². The minimum Gasteiger partial charge on any atom is -0.490 e. The van der Waals surface area contributed by atoms with Crippen molar-refractivity contribution in [3.8, 4) is 17.2 Å². The summed E-state index contributed by atoms with van der Waals surface area (Å²) in [5, 5.41) is 2.94. The molecule has 0 radical (unpaired) electrons. The smallest absolute Gasteiger partial charge is 0.258 e. The maximum Gasteiger partial charge on any atom is 0.258 e. The minimum atomic E-state index is -0.175. The first kappa shape index (κ1) is 19.6. The zero-order valence-electron chi connectivity index (χ0n) is 15.9. The summed E-state index contributed by atoms with van der Waals surface area (Å²) in [5.41, 5.74) is 2.04. The highest BCUT2D eigenvalue weighted by atomic mass is 16.5. The number of ether oxygens (including phenoxy) is 3. The highest BCUT2D eigenvalue weighted by molar-refractivity contribution is 5.78. The Bertz CT molecular complexity index is 730. The van der Waals surface area contributed by atoms with Crippen molar-refractivity contribution >= 4 is 5.91 Å². The van der Waals surface area contributed by atoms with Crippen molar-refractivity contribution in [2.75, 3.05) is 19.8 Å². The second-order valence-corrected chi connectivity index (χ2v) is 5.97. The molecule has 0 aliphatic carbocycles. The third-order valence-electron chi connectivity index (χ3n) is 3.80. The molecule has 1 N–H and O–H groups in total. The van der Waals surface area contributed by atoms with Gasteiger partial charge in [0.15, 0.2) is 18.1 Å². The van der Waals surface area contributed by atoms with E-state index in [9.17, 15) is 4.79 Å². The number of aryl methyl sites for hydroxylation is 1. The van der Waals surface area contributed by atoms with Crippen LogP contribution < -0.4 is 19.5 Å². The number of hydrogen-bond donors (Lipinski definition) is 1. The molecule has 0 spiro atoms. The van der Waals surface area contributed by atoms with Gasteiger partial charge in [-0.05, 0) is 63.1 Å². The average molecular weight is 357 g/mol. The Labute approximate surface area is 155 Å². The molecular weight excluding hydrogens is 330 g/mol. The Morgan fingerprint density at radius 2 is 1.73 bits per heavy atom. The van der Waals surface area contributed by atoms with Gasteiger partial charge in [0.25, 0.3) is 5.91 Å². The molecule has 0 aliphatic rings. The van der Waals surface area contributed by atoms with Crippen LogP contribution in [0.1, 0.15) is 37.9 Å². The van der Waals surface area contributed by atoms with Crippen molar-refractivity contribution in [2.45, 2.75) is 33.7 Å². The van der Waals surface area contributed by atoms with Crippen molar-refractivity contribution in [1.82, 2.24) is 5.32 Å². The van der Waals surface area contributed by atoms with Crippen LogP contribution in [0.5, 0.6) is 17.2 Å². The molecule has 0 unspecified atom stereocenters. The van der Waals surface area contributed by atoms with Crippen LogP contribution in [-0.4, -0.2) is 25.7 Å². The van der Waals surface area contributed by atoms with E-state index < -0.39 is 0 Å². The van der Waals surface area contributed by atoms with E-state index in [1.807, 2.05) is 70.2 Å². The summed E-state index contributed by atoms with van der Waals surface area (Å²) in [4.78, 5) is 12.2. The standard InChI is InChI=1S/C21H27NO4/c1-5-24-19-11-10-17(13-20(19)25-6-2)16(4)22-21(23)14-26-18-9-7-8-15(3)12-18/h7-13,16H,5-6,14H2,1-4H3,(H,22,23)/t16-/m0/s1. The molecule has 2 aromatic rings. The molecule has 5 nitrogen and oxygen atoms in total. The molecule has 2 rings (SSSR count). The predicted molar refractivity (Wildman–Crippen MR) is 102 cm³/mol. The summed E-state index contributed by atoms with van der Waals surface area (Å²) in [6.45, 7) is 8.86. The topological polar surface area (TPSA) is 56.8 Å². The van der Waals surface area contributed by atoms with Crippen molar-refractivity contribution in [2.24, 2.45) is 0 Å². The van der Waals surface area contributed by atoms with Crippen molar-refractivity contribution in [3.63, 3.8) is 0 Å². The lowest BCUT2D eigenvalue weighted by Gasteiger charge is -2.17. The number of carbonyl (C=O) groups is 1. The first-order chi connectivity index (χ1) is 12.5. The maximum absolute atomic E-state index is 12.2. The van der Waals surface area contributed by atoms with Gasteiger partial charge in [0.05, 0.1) is 19.3 Å². The third kappa shape index (κ3) is 5.69. The van der Waals surface area contributed by atoms with Crippen LogP contribution in [0, 0.1) is 6.92 Å². The lowest BCUT2D eigenvalue weighted by atomic mass is 10.1. The van der Waals surface area contributed by atoms with Crippen LogP contribution in [0.25, 0.3) is 0 Å². The molecule has 1 atom stereocenters. The van der Waals surface area contributed by atoms with Gasteiger partial charge in [-0.25, -0.2) is 0 Å².